The van der Waals surface area contributed by atoms with Crippen molar-refractivity contribution in [3.8, 4) is 0 Å². The maximum absolute atomic E-state index is 3.76. The van der Waals surface area contributed by atoms with Gasteiger partial charge in [-0.15, -0.1) is 0 Å². The molecule has 2 heteroatoms. The highest BCUT2D eigenvalue weighted by Crippen LogP contribution is 2.37. The fourth-order valence-electron chi connectivity index (χ4n) is 2.89. The van der Waals surface area contributed by atoms with E-state index in [1.165, 1.54) is 36.9 Å². The molecule has 1 aromatic carbocycles. The van der Waals surface area contributed by atoms with E-state index in [0.29, 0.717) is 6.04 Å². The summed E-state index contributed by atoms with van der Waals surface area (Å²) >= 11 is 0. The maximum Gasteiger partial charge on any atom is 0.00812 e. The van der Waals surface area contributed by atoms with Crippen LogP contribution in [0.3, 0.4) is 0 Å². The van der Waals surface area contributed by atoms with Gasteiger partial charge < -0.3 is 10.2 Å². The van der Waals surface area contributed by atoms with Gasteiger partial charge >= 0.3 is 0 Å². The van der Waals surface area contributed by atoms with Crippen LogP contribution in [0.1, 0.15) is 43.2 Å². The molecule has 0 aromatic heterocycles. The summed E-state index contributed by atoms with van der Waals surface area (Å²) in [6.45, 7) is 5.66. The molecule has 1 atom stereocenters. The molecule has 1 aliphatic rings. The first-order chi connectivity index (χ1) is 9.04. The molecule has 2 rings (SSSR count). The monoisotopic (exact) mass is 260 g/mol. The molecule has 0 saturated heterocycles. The van der Waals surface area contributed by atoms with E-state index < -0.39 is 0 Å². The van der Waals surface area contributed by atoms with Gasteiger partial charge in [-0.3, -0.25) is 0 Å². The number of aryl methyl sites for hydroxylation is 1. The summed E-state index contributed by atoms with van der Waals surface area (Å²) in [5.41, 5.74) is 2.91. The fourth-order valence-corrected chi connectivity index (χ4v) is 2.89. The van der Waals surface area contributed by atoms with Crippen LogP contribution in [-0.4, -0.2) is 37.6 Å². The number of rotatable bonds is 6. The lowest BCUT2D eigenvalue weighted by Gasteiger charge is -2.38. The lowest BCUT2D eigenvalue weighted by Crippen LogP contribution is -2.45. The van der Waals surface area contributed by atoms with Crippen LogP contribution in [0.15, 0.2) is 24.3 Å². The molecule has 1 aliphatic carbocycles. The van der Waals surface area contributed by atoms with Crippen molar-refractivity contribution in [1.82, 2.24) is 10.2 Å². The van der Waals surface area contributed by atoms with E-state index in [9.17, 15) is 0 Å². The normalized spacial score (nSPS) is 24.3. The summed E-state index contributed by atoms with van der Waals surface area (Å²) in [6.07, 6.45) is 3.84. The molecule has 0 heterocycles. The SMILES string of the molecule is Cc1cccc(C2CC(NC(C)CCN(C)C)C2)c1. The van der Waals surface area contributed by atoms with Crippen LogP contribution >= 0.6 is 0 Å². The summed E-state index contributed by atoms with van der Waals surface area (Å²) in [4.78, 5) is 2.26. The van der Waals surface area contributed by atoms with Crippen molar-refractivity contribution in [2.24, 2.45) is 0 Å². The Morgan fingerprint density at radius 1 is 1.32 bits per heavy atom. The van der Waals surface area contributed by atoms with Gasteiger partial charge in [-0.05, 0) is 65.2 Å². The van der Waals surface area contributed by atoms with Gasteiger partial charge in [0, 0.05) is 12.1 Å². The third-order valence-corrected chi connectivity index (χ3v) is 4.18. The second-order valence-electron chi connectivity index (χ2n) is 6.44. The molecule has 0 amide bonds. The van der Waals surface area contributed by atoms with E-state index in [-0.39, 0.29) is 0 Å². The second-order valence-corrected chi connectivity index (χ2v) is 6.44. The van der Waals surface area contributed by atoms with E-state index >= 15 is 0 Å². The second kappa shape index (κ2) is 6.53. The molecular weight excluding hydrogens is 232 g/mol. The summed E-state index contributed by atoms with van der Waals surface area (Å²) in [5, 5.41) is 3.76. The lowest BCUT2D eigenvalue weighted by atomic mass is 9.75. The average molecular weight is 260 g/mol. The van der Waals surface area contributed by atoms with E-state index in [0.717, 1.165) is 12.0 Å². The maximum atomic E-state index is 3.76. The molecule has 1 unspecified atom stereocenters. The number of hydrogen-bond donors (Lipinski definition) is 1. The van der Waals surface area contributed by atoms with Crippen molar-refractivity contribution in [1.29, 1.82) is 0 Å². The number of benzene rings is 1. The minimum atomic E-state index is 0.630. The topological polar surface area (TPSA) is 15.3 Å². The molecule has 0 bridgehead atoms. The van der Waals surface area contributed by atoms with Crippen LogP contribution < -0.4 is 5.32 Å². The lowest BCUT2D eigenvalue weighted by molar-refractivity contribution is 0.255. The average Bonchev–Trinajstić information content (AvgIpc) is 2.30. The Labute approximate surface area is 118 Å². The highest BCUT2D eigenvalue weighted by molar-refractivity contribution is 5.27. The molecule has 2 nitrogen and oxygen atoms in total. The minimum Gasteiger partial charge on any atom is -0.311 e. The van der Waals surface area contributed by atoms with Gasteiger partial charge in [-0.1, -0.05) is 29.8 Å². The Morgan fingerprint density at radius 3 is 2.68 bits per heavy atom. The van der Waals surface area contributed by atoms with E-state index in [2.05, 4.69) is 62.4 Å². The minimum absolute atomic E-state index is 0.630. The van der Waals surface area contributed by atoms with Crippen LogP contribution in [0.4, 0.5) is 0 Å². The van der Waals surface area contributed by atoms with E-state index in [1.807, 2.05) is 0 Å². The van der Waals surface area contributed by atoms with Gasteiger partial charge in [-0.25, -0.2) is 0 Å². The zero-order valence-electron chi connectivity index (χ0n) is 12.8. The van der Waals surface area contributed by atoms with Gasteiger partial charge in [-0.2, -0.15) is 0 Å². The van der Waals surface area contributed by atoms with Crippen LogP contribution in [0.25, 0.3) is 0 Å². The van der Waals surface area contributed by atoms with Crippen molar-refractivity contribution in [2.45, 2.75) is 51.1 Å². The molecule has 0 aliphatic heterocycles. The number of nitrogens with one attached hydrogen (secondary N) is 1. The highest BCUT2D eigenvalue weighted by Gasteiger charge is 2.30. The third kappa shape index (κ3) is 4.32. The van der Waals surface area contributed by atoms with E-state index in [1.54, 1.807) is 0 Å². The van der Waals surface area contributed by atoms with Gasteiger partial charge in [0.1, 0.15) is 0 Å². The predicted molar refractivity (Wildman–Crippen MR) is 82.7 cm³/mol. The quantitative estimate of drug-likeness (QED) is 0.845. The Bertz CT molecular complexity index is 394. The molecule has 0 spiro atoms. The van der Waals surface area contributed by atoms with Crippen LogP contribution in [-0.2, 0) is 0 Å². The number of nitrogens with zero attached hydrogens (tertiary/aromatic N) is 1. The Morgan fingerprint density at radius 2 is 2.05 bits per heavy atom. The van der Waals surface area contributed by atoms with E-state index in [4.69, 9.17) is 0 Å². The molecule has 1 fully saturated rings. The van der Waals surface area contributed by atoms with Gasteiger partial charge in [0.05, 0.1) is 0 Å². The van der Waals surface area contributed by atoms with Crippen LogP contribution in [0, 0.1) is 6.92 Å². The van der Waals surface area contributed by atoms with Crippen LogP contribution in [0.5, 0.6) is 0 Å². The van der Waals surface area contributed by atoms with Crippen molar-refractivity contribution in [3.63, 3.8) is 0 Å². The van der Waals surface area contributed by atoms with Crippen molar-refractivity contribution in [2.75, 3.05) is 20.6 Å². The number of hydrogen-bond acceptors (Lipinski definition) is 2. The first-order valence-corrected chi connectivity index (χ1v) is 7.52. The highest BCUT2D eigenvalue weighted by atomic mass is 15.1. The molecular formula is C17H28N2. The zero-order valence-corrected chi connectivity index (χ0v) is 12.8. The molecule has 0 radical (unpaired) electrons. The fraction of sp³-hybridized carbons (Fsp3) is 0.647. The van der Waals surface area contributed by atoms with Crippen LogP contribution in [0.2, 0.25) is 0 Å². The standard InChI is InChI=1S/C17H28N2/c1-13-6-5-7-15(10-13)16-11-17(12-16)18-14(2)8-9-19(3)4/h5-7,10,14,16-18H,8-9,11-12H2,1-4H3. The first-order valence-electron chi connectivity index (χ1n) is 7.52. The molecule has 19 heavy (non-hydrogen) atoms. The summed E-state index contributed by atoms with van der Waals surface area (Å²) in [5.74, 6) is 0.776. The largest absolute Gasteiger partial charge is 0.311 e. The van der Waals surface area contributed by atoms with Crippen molar-refractivity contribution >= 4 is 0 Å². The molecule has 1 N–H and O–H groups in total. The summed E-state index contributed by atoms with van der Waals surface area (Å²) in [7, 11) is 4.29. The predicted octanol–water partition coefficient (Wildman–Crippen LogP) is 3.17. The molecule has 106 valence electrons. The zero-order chi connectivity index (χ0) is 13.8. The van der Waals surface area contributed by atoms with Crippen molar-refractivity contribution < 1.29 is 0 Å². The van der Waals surface area contributed by atoms with Crippen molar-refractivity contribution in [3.05, 3.63) is 35.4 Å². The molecule has 1 aromatic rings. The summed E-state index contributed by atoms with van der Waals surface area (Å²) < 4.78 is 0. The third-order valence-electron chi connectivity index (χ3n) is 4.18. The first kappa shape index (κ1) is 14.5. The smallest absolute Gasteiger partial charge is 0.00812 e. The molecule has 1 saturated carbocycles. The van der Waals surface area contributed by atoms with Gasteiger partial charge in [0.25, 0.3) is 0 Å². The van der Waals surface area contributed by atoms with Gasteiger partial charge in [0.15, 0.2) is 0 Å². The Balaban J connectivity index is 1.71. The van der Waals surface area contributed by atoms with Gasteiger partial charge in [0.2, 0.25) is 0 Å². The Kier molecular flexibility index (Phi) is 5.00. The summed E-state index contributed by atoms with van der Waals surface area (Å²) in [6, 6.07) is 10.3. The Hall–Kier alpha value is -0.860.